The maximum Gasteiger partial charge on any atom is 0.261 e. The van der Waals surface area contributed by atoms with Gasteiger partial charge in [0.15, 0.2) is 0 Å². The van der Waals surface area contributed by atoms with Gasteiger partial charge in [0.25, 0.3) is 11.5 Å². The van der Waals surface area contributed by atoms with Gasteiger partial charge in [0.2, 0.25) is 0 Å². The van der Waals surface area contributed by atoms with Crippen molar-refractivity contribution in [1.82, 2.24) is 14.9 Å². The van der Waals surface area contributed by atoms with Crippen LogP contribution in [0.25, 0.3) is 10.9 Å². The highest BCUT2D eigenvalue weighted by molar-refractivity contribution is 6.30. The average molecular weight is 426 g/mol. The summed E-state index contributed by atoms with van der Waals surface area (Å²) in [5.41, 5.74) is 0.916. The smallest absolute Gasteiger partial charge is 0.261 e. The number of carbonyl (C=O) groups is 1. The van der Waals surface area contributed by atoms with E-state index < -0.39 is 5.82 Å². The predicted octanol–water partition coefficient (Wildman–Crippen LogP) is 4.20. The largest absolute Gasteiger partial charge is 0.349 e. The first kappa shape index (κ1) is 19.2. The lowest BCUT2D eigenvalue weighted by molar-refractivity contribution is 0.0932. The first-order valence-corrected chi connectivity index (χ1v) is 10.5. The average Bonchev–Trinajstić information content (AvgIpc) is 3.23. The van der Waals surface area contributed by atoms with Gasteiger partial charge in [-0.1, -0.05) is 11.6 Å². The van der Waals surface area contributed by atoms with E-state index in [-0.39, 0.29) is 23.6 Å². The van der Waals surface area contributed by atoms with E-state index in [4.69, 9.17) is 11.6 Å². The van der Waals surface area contributed by atoms with E-state index in [9.17, 15) is 14.0 Å². The standard InChI is InChI=1S/C23H21ClFN3O2/c1-12(27-22(29)13-2-4-14(24)5-3-13)21-17-9-16(10-18(17)21)28-11-26-20-7-6-15(25)8-19(20)23(28)30/h2-8,11-12,16-18,21H,9-10H2,1H3,(H,27,29). The van der Waals surface area contributed by atoms with Crippen molar-refractivity contribution in [3.8, 4) is 0 Å². The molecule has 5 nitrogen and oxygen atoms in total. The molecule has 1 N–H and O–H groups in total. The summed E-state index contributed by atoms with van der Waals surface area (Å²) >= 11 is 5.88. The summed E-state index contributed by atoms with van der Waals surface area (Å²) in [6.07, 6.45) is 3.33. The Bertz CT molecular complexity index is 1180. The number of amides is 1. The Labute approximate surface area is 177 Å². The molecule has 1 heterocycles. The van der Waals surface area contributed by atoms with Gasteiger partial charge in [0.05, 0.1) is 17.2 Å². The Hall–Kier alpha value is -2.73. The SMILES string of the molecule is CC(NC(=O)c1ccc(Cl)cc1)C1C2CC(n3cnc4ccc(F)cc4c3=O)CC21. The Morgan fingerprint density at radius 1 is 1.20 bits per heavy atom. The Morgan fingerprint density at radius 3 is 2.60 bits per heavy atom. The molecule has 154 valence electrons. The fraction of sp³-hybridized carbons (Fsp3) is 0.348. The molecular weight excluding hydrogens is 405 g/mol. The summed E-state index contributed by atoms with van der Waals surface area (Å²) in [5, 5.41) is 4.02. The summed E-state index contributed by atoms with van der Waals surface area (Å²) in [7, 11) is 0. The van der Waals surface area contributed by atoms with Crippen molar-refractivity contribution in [3.05, 3.63) is 75.5 Å². The Morgan fingerprint density at radius 2 is 1.90 bits per heavy atom. The second kappa shape index (κ2) is 7.20. The third kappa shape index (κ3) is 3.29. The number of halogens is 2. The van der Waals surface area contributed by atoms with E-state index in [0.717, 1.165) is 12.8 Å². The first-order chi connectivity index (χ1) is 14.4. The van der Waals surface area contributed by atoms with Gasteiger partial charge in [0, 0.05) is 22.7 Å². The lowest BCUT2D eigenvalue weighted by Crippen LogP contribution is -2.36. The number of rotatable bonds is 4. The quantitative estimate of drug-likeness (QED) is 0.681. The fourth-order valence-electron chi connectivity index (χ4n) is 5.19. The molecule has 3 unspecified atom stereocenters. The fourth-order valence-corrected chi connectivity index (χ4v) is 5.31. The van der Waals surface area contributed by atoms with Crippen molar-refractivity contribution in [1.29, 1.82) is 0 Å². The highest BCUT2D eigenvalue weighted by atomic mass is 35.5. The summed E-state index contributed by atoms with van der Waals surface area (Å²) in [5.74, 6) is 0.840. The van der Waals surface area contributed by atoms with Gasteiger partial charge in [-0.25, -0.2) is 9.37 Å². The van der Waals surface area contributed by atoms with Gasteiger partial charge in [-0.15, -0.1) is 0 Å². The van der Waals surface area contributed by atoms with Crippen LogP contribution >= 0.6 is 11.6 Å². The van der Waals surface area contributed by atoms with Crippen LogP contribution in [0.2, 0.25) is 5.02 Å². The van der Waals surface area contributed by atoms with Crippen LogP contribution < -0.4 is 10.9 Å². The van der Waals surface area contributed by atoms with E-state index in [1.165, 1.54) is 18.2 Å². The maximum atomic E-state index is 13.6. The molecule has 3 aromatic rings. The lowest BCUT2D eigenvalue weighted by Gasteiger charge is -2.21. The molecule has 5 rings (SSSR count). The molecule has 2 aliphatic carbocycles. The molecule has 1 aromatic heterocycles. The Balaban J connectivity index is 1.25. The number of carbonyl (C=O) groups excluding carboxylic acids is 1. The van der Waals surface area contributed by atoms with Crippen molar-refractivity contribution >= 4 is 28.4 Å². The van der Waals surface area contributed by atoms with Crippen LogP contribution in [0, 0.1) is 23.6 Å². The molecule has 2 fully saturated rings. The van der Waals surface area contributed by atoms with E-state index in [1.54, 1.807) is 35.2 Å². The van der Waals surface area contributed by atoms with Crippen LogP contribution in [-0.2, 0) is 0 Å². The number of benzene rings is 2. The molecule has 2 saturated carbocycles. The number of hydrogen-bond acceptors (Lipinski definition) is 3. The topological polar surface area (TPSA) is 64.0 Å². The first-order valence-electron chi connectivity index (χ1n) is 10.1. The molecule has 1 amide bonds. The minimum Gasteiger partial charge on any atom is -0.349 e. The summed E-state index contributed by atoms with van der Waals surface area (Å²) in [6, 6.07) is 11.1. The van der Waals surface area contributed by atoms with Gasteiger partial charge >= 0.3 is 0 Å². The summed E-state index contributed by atoms with van der Waals surface area (Å²) in [4.78, 5) is 29.6. The lowest BCUT2D eigenvalue weighted by atomic mass is 10.0. The number of fused-ring (bicyclic) bond motifs is 2. The van der Waals surface area contributed by atoms with Crippen molar-refractivity contribution < 1.29 is 9.18 Å². The molecule has 7 heteroatoms. The molecule has 30 heavy (non-hydrogen) atoms. The number of nitrogens with zero attached hydrogens (tertiary/aromatic N) is 2. The second-order valence-electron chi connectivity index (χ2n) is 8.42. The zero-order valence-electron chi connectivity index (χ0n) is 16.4. The van der Waals surface area contributed by atoms with Crippen LogP contribution in [-0.4, -0.2) is 21.5 Å². The molecule has 0 aliphatic heterocycles. The molecule has 0 spiro atoms. The Kier molecular flexibility index (Phi) is 4.62. The number of nitrogens with one attached hydrogen (secondary N) is 1. The molecule has 0 radical (unpaired) electrons. The van der Waals surface area contributed by atoms with Crippen molar-refractivity contribution in [2.75, 3.05) is 0 Å². The zero-order chi connectivity index (χ0) is 21.0. The third-order valence-electron chi connectivity index (χ3n) is 6.67. The summed E-state index contributed by atoms with van der Waals surface area (Å²) in [6.45, 7) is 2.04. The molecule has 3 atom stereocenters. The number of hydrogen-bond donors (Lipinski definition) is 1. The maximum absolute atomic E-state index is 13.6. The normalized spacial score (nSPS) is 25.7. The monoisotopic (exact) mass is 425 g/mol. The number of aromatic nitrogens is 2. The second-order valence-corrected chi connectivity index (χ2v) is 8.85. The molecule has 2 aromatic carbocycles. The van der Waals surface area contributed by atoms with Crippen LogP contribution in [0.15, 0.2) is 53.6 Å². The van der Waals surface area contributed by atoms with Crippen LogP contribution in [0.1, 0.15) is 36.2 Å². The summed E-state index contributed by atoms with van der Waals surface area (Å²) < 4.78 is 15.2. The van der Waals surface area contributed by atoms with E-state index in [0.29, 0.717) is 39.2 Å². The van der Waals surface area contributed by atoms with E-state index in [2.05, 4.69) is 10.3 Å². The minimum atomic E-state index is -0.432. The molecule has 0 saturated heterocycles. The van der Waals surface area contributed by atoms with Crippen molar-refractivity contribution in [3.63, 3.8) is 0 Å². The van der Waals surface area contributed by atoms with Gasteiger partial charge in [-0.3, -0.25) is 14.2 Å². The molecule has 0 bridgehead atoms. The van der Waals surface area contributed by atoms with Crippen molar-refractivity contribution in [2.45, 2.75) is 31.8 Å². The van der Waals surface area contributed by atoms with Gasteiger partial charge in [0.1, 0.15) is 5.82 Å². The van der Waals surface area contributed by atoms with E-state index >= 15 is 0 Å². The van der Waals surface area contributed by atoms with Crippen LogP contribution in [0.5, 0.6) is 0 Å². The molecular formula is C23H21ClFN3O2. The minimum absolute atomic E-state index is 0.0599. The highest BCUT2D eigenvalue weighted by Crippen LogP contribution is 2.62. The predicted molar refractivity (Wildman–Crippen MR) is 113 cm³/mol. The molecule has 2 aliphatic rings. The van der Waals surface area contributed by atoms with Crippen LogP contribution in [0.3, 0.4) is 0 Å². The zero-order valence-corrected chi connectivity index (χ0v) is 17.1. The van der Waals surface area contributed by atoms with Crippen LogP contribution in [0.4, 0.5) is 4.39 Å². The van der Waals surface area contributed by atoms with Gasteiger partial charge < -0.3 is 5.32 Å². The third-order valence-corrected chi connectivity index (χ3v) is 6.92. The highest BCUT2D eigenvalue weighted by Gasteiger charge is 2.58. The van der Waals surface area contributed by atoms with Gasteiger partial charge in [-0.2, -0.15) is 0 Å². The van der Waals surface area contributed by atoms with E-state index in [1.807, 2.05) is 6.92 Å². The van der Waals surface area contributed by atoms with Crippen molar-refractivity contribution in [2.24, 2.45) is 17.8 Å². The van der Waals surface area contributed by atoms with Gasteiger partial charge in [-0.05, 0) is 80.0 Å².